The monoisotopic (exact) mass is 329 g/mol. The maximum Gasteiger partial charge on any atom is 0.253 e. The molecule has 24 heavy (non-hydrogen) atoms. The van der Waals surface area contributed by atoms with E-state index in [9.17, 15) is 9.59 Å². The molecule has 0 saturated carbocycles. The number of hydrogen-bond acceptors (Lipinski definition) is 3. The van der Waals surface area contributed by atoms with Gasteiger partial charge >= 0.3 is 0 Å². The first kappa shape index (κ1) is 17.0. The third-order valence-corrected chi connectivity index (χ3v) is 5.02. The number of benzene rings is 1. The van der Waals surface area contributed by atoms with Crippen LogP contribution in [0, 0.1) is 12.8 Å². The van der Waals surface area contributed by atoms with Crippen LogP contribution in [0.5, 0.6) is 0 Å². The molecule has 0 bridgehead atoms. The highest BCUT2D eigenvalue weighted by Gasteiger charge is 2.30. The zero-order chi connectivity index (χ0) is 16.9. The van der Waals surface area contributed by atoms with Crippen molar-refractivity contribution < 1.29 is 9.59 Å². The quantitative estimate of drug-likeness (QED) is 0.887. The summed E-state index contributed by atoms with van der Waals surface area (Å²) >= 11 is 0. The van der Waals surface area contributed by atoms with E-state index in [0.29, 0.717) is 12.1 Å². The molecule has 2 aliphatic heterocycles. The van der Waals surface area contributed by atoms with Crippen LogP contribution >= 0.6 is 0 Å². The summed E-state index contributed by atoms with van der Waals surface area (Å²) in [6.45, 7) is 5.16. The van der Waals surface area contributed by atoms with E-state index < -0.39 is 0 Å². The van der Waals surface area contributed by atoms with Crippen molar-refractivity contribution in [1.82, 2.24) is 15.5 Å². The van der Waals surface area contributed by atoms with Gasteiger partial charge in [-0.05, 0) is 51.3 Å². The van der Waals surface area contributed by atoms with E-state index in [-0.39, 0.29) is 23.8 Å². The fourth-order valence-electron chi connectivity index (χ4n) is 3.55. The Morgan fingerprint density at radius 3 is 2.67 bits per heavy atom. The SMILES string of the molecule is Cc1ccc(C(=O)N2CCCC(C(=O)NC3CCCNC3)C2)cc1. The summed E-state index contributed by atoms with van der Waals surface area (Å²) in [5, 5.41) is 6.47. The van der Waals surface area contributed by atoms with Crippen LogP contribution in [0.3, 0.4) is 0 Å². The molecule has 2 saturated heterocycles. The van der Waals surface area contributed by atoms with Gasteiger partial charge in [0.15, 0.2) is 0 Å². The molecule has 2 N–H and O–H groups in total. The average Bonchev–Trinajstić information content (AvgIpc) is 2.63. The second-order valence-electron chi connectivity index (χ2n) is 7.01. The molecule has 0 radical (unpaired) electrons. The van der Waals surface area contributed by atoms with Crippen molar-refractivity contribution in [3.05, 3.63) is 35.4 Å². The maximum atomic E-state index is 12.7. The molecule has 0 aliphatic carbocycles. The Kier molecular flexibility index (Phi) is 5.51. The van der Waals surface area contributed by atoms with Crippen LogP contribution < -0.4 is 10.6 Å². The molecule has 2 atom stereocenters. The molecule has 1 aromatic rings. The normalized spacial score (nSPS) is 24.5. The van der Waals surface area contributed by atoms with E-state index in [1.54, 1.807) is 0 Å². The number of carbonyl (C=O) groups excluding carboxylic acids is 2. The third-order valence-electron chi connectivity index (χ3n) is 5.02. The Morgan fingerprint density at radius 2 is 1.96 bits per heavy atom. The van der Waals surface area contributed by atoms with E-state index in [1.165, 1.54) is 0 Å². The number of piperidine rings is 2. The van der Waals surface area contributed by atoms with Gasteiger partial charge in [0.1, 0.15) is 0 Å². The topological polar surface area (TPSA) is 61.4 Å². The van der Waals surface area contributed by atoms with E-state index in [2.05, 4.69) is 10.6 Å². The molecule has 5 heteroatoms. The summed E-state index contributed by atoms with van der Waals surface area (Å²) in [4.78, 5) is 27.0. The standard InChI is InChI=1S/C19H27N3O2/c1-14-6-8-15(9-7-14)19(24)22-11-3-4-16(13-22)18(23)21-17-5-2-10-20-12-17/h6-9,16-17,20H,2-5,10-13H2,1H3,(H,21,23). The minimum Gasteiger partial charge on any atom is -0.352 e. The third kappa shape index (κ3) is 4.15. The van der Waals surface area contributed by atoms with E-state index in [4.69, 9.17) is 0 Å². The van der Waals surface area contributed by atoms with Crippen molar-refractivity contribution in [1.29, 1.82) is 0 Å². The zero-order valence-corrected chi connectivity index (χ0v) is 14.4. The lowest BCUT2D eigenvalue weighted by atomic mass is 9.95. The lowest BCUT2D eigenvalue weighted by Gasteiger charge is -2.33. The van der Waals surface area contributed by atoms with Crippen molar-refractivity contribution in [2.75, 3.05) is 26.2 Å². The number of amides is 2. The highest BCUT2D eigenvalue weighted by Crippen LogP contribution is 2.19. The molecule has 2 unspecified atom stereocenters. The Morgan fingerprint density at radius 1 is 1.17 bits per heavy atom. The molecule has 5 nitrogen and oxygen atoms in total. The lowest BCUT2D eigenvalue weighted by Crippen LogP contribution is -2.51. The van der Waals surface area contributed by atoms with Gasteiger partial charge in [0, 0.05) is 31.2 Å². The number of rotatable bonds is 3. The second-order valence-corrected chi connectivity index (χ2v) is 7.01. The smallest absolute Gasteiger partial charge is 0.253 e. The number of nitrogens with zero attached hydrogens (tertiary/aromatic N) is 1. The number of nitrogens with one attached hydrogen (secondary N) is 2. The van der Waals surface area contributed by atoms with Crippen LogP contribution in [-0.2, 0) is 4.79 Å². The summed E-state index contributed by atoms with van der Waals surface area (Å²) in [5.41, 5.74) is 1.85. The van der Waals surface area contributed by atoms with Gasteiger partial charge in [0.25, 0.3) is 5.91 Å². The number of aryl methyl sites for hydroxylation is 1. The van der Waals surface area contributed by atoms with Crippen molar-refractivity contribution >= 4 is 11.8 Å². The first-order chi connectivity index (χ1) is 11.6. The molecular formula is C19H27N3O2. The molecule has 2 amide bonds. The highest BCUT2D eigenvalue weighted by atomic mass is 16.2. The van der Waals surface area contributed by atoms with Crippen molar-refractivity contribution in [2.24, 2.45) is 5.92 Å². The largest absolute Gasteiger partial charge is 0.352 e. The van der Waals surface area contributed by atoms with E-state index in [1.807, 2.05) is 36.1 Å². The van der Waals surface area contributed by atoms with Crippen LogP contribution in [0.1, 0.15) is 41.6 Å². The molecule has 3 rings (SSSR count). The molecule has 2 aliphatic rings. The summed E-state index contributed by atoms with van der Waals surface area (Å²) in [6, 6.07) is 7.88. The van der Waals surface area contributed by atoms with Crippen LogP contribution in [0.25, 0.3) is 0 Å². The molecule has 0 aromatic heterocycles. The highest BCUT2D eigenvalue weighted by molar-refractivity contribution is 5.94. The maximum absolute atomic E-state index is 12.7. The summed E-state index contributed by atoms with van der Waals surface area (Å²) < 4.78 is 0. The van der Waals surface area contributed by atoms with Gasteiger partial charge in [-0.15, -0.1) is 0 Å². The van der Waals surface area contributed by atoms with Crippen molar-refractivity contribution in [2.45, 2.75) is 38.6 Å². The van der Waals surface area contributed by atoms with Crippen LogP contribution in [-0.4, -0.2) is 48.9 Å². The summed E-state index contributed by atoms with van der Waals surface area (Å²) in [7, 11) is 0. The minimum absolute atomic E-state index is 0.0341. The number of likely N-dealkylation sites (tertiary alicyclic amines) is 1. The van der Waals surface area contributed by atoms with E-state index in [0.717, 1.165) is 50.9 Å². The number of hydrogen-bond donors (Lipinski definition) is 2. The first-order valence-corrected chi connectivity index (χ1v) is 9.00. The second kappa shape index (κ2) is 7.79. The summed E-state index contributed by atoms with van der Waals surface area (Å²) in [5.74, 6) is 0.0482. The molecule has 130 valence electrons. The zero-order valence-electron chi connectivity index (χ0n) is 14.4. The van der Waals surface area contributed by atoms with Gasteiger partial charge in [-0.3, -0.25) is 9.59 Å². The molecule has 2 fully saturated rings. The summed E-state index contributed by atoms with van der Waals surface area (Å²) in [6.07, 6.45) is 3.90. The van der Waals surface area contributed by atoms with Crippen LogP contribution in [0.15, 0.2) is 24.3 Å². The fraction of sp³-hybridized carbons (Fsp3) is 0.579. The first-order valence-electron chi connectivity index (χ1n) is 9.00. The molecule has 2 heterocycles. The van der Waals surface area contributed by atoms with Crippen molar-refractivity contribution in [3.8, 4) is 0 Å². The Bertz CT molecular complexity index is 579. The minimum atomic E-state index is -0.0879. The van der Waals surface area contributed by atoms with Gasteiger partial charge in [-0.25, -0.2) is 0 Å². The van der Waals surface area contributed by atoms with E-state index >= 15 is 0 Å². The average molecular weight is 329 g/mol. The lowest BCUT2D eigenvalue weighted by molar-refractivity contribution is -0.127. The fourth-order valence-corrected chi connectivity index (χ4v) is 3.55. The van der Waals surface area contributed by atoms with Gasteiger partial charge in [0.2, 0.25) is 5.91 Å². The van der Waals surface area contributed by atoms with Gasteiger partial charge in [-0.1, -0.05) is 17.7 Å². The Labute approximate surface area is 143 Å². The molecule has 0 spiro atoms. The van der Waals surface area contributed by atoms with Gasteiger partial charge < -0.3 is 15.5 Å². The van der Waals surface area contributed by atoms with Gasteiger partial charge in [0.05, 0.1) is 5.92 Å². The number of carbonyl (C=O) groups is 2. The Hall–Kier alpha value is -1.88. The van der Waals surface area contributed by atoms with Crippen LogP contribution in [0.2, 0.25) is 0 Å². The van der Waals surface area contributed by atoms with Gasteiger partial charge in [-0.2, -0.15) is 0 Å². The predicted molar refractivity (Wildman–Crippen MR) is 93.8 cm³/mol. The molecular weight excluding hydrogens is 302 g/mol. The Balaban J connectivity index is 1.58. The van der Waals surface area contributed by atoms with Crippen molar-refractivity contribution in [3.63, 3.8) is 0 Å². The molecule has 1 aromatic carbocycles. The van der Waals surface area contributed by atoms with Crippen LogP contribution in [0.4, 0.5) is 0 Å². The predicted octanol–water partition coefficient (Wildman–Crippen LogP) is 1.72.